The molecule has 0 aromatic carbocycles. The predicted molar refractivity (Wildman–Crippen MR) is 95.4 cm³/mol. The fourth-order valence-corrected chi connectivity index (χ4v) is 2.82. The van der Waals surface area contributed by atoms with Crippen molar-refractivity contribution in [3.05, 3.63) is 0 Å². The maximum Gasteiger partial charge on any atom is 0.303 e. The van der Waals surface area contributed by atoms with E-state index in [1.165, 1.54) is 70.8 Å². The van der Waals surface area contributed by atoms with Crippen LogP contribution in [0.2, 0.25) is 0 Å². The molecule has 0 fully saturated rings. The maximum absolute atomic E-state index is 10.4. The Balaban J connectivity index is 3.15. The highest BCUT2D eigenvalue weighted by atomic mass is 16.4. The molecule has 0 spiro atoms. The van der Waals surface area contributed by atoms with E-state index in [0.29, 0.717) is 6.42 Å². The van der Waals surface area contributed by atoms with Gasteiger partial charge in [0.05, 0.1) is 0 Å². The lowest BCUT2D eigenvalue weighted by Gasteiger charge is -2.16. The van der Waals surface area contributed by atoms with Gasteiger partial charge in [-0.05, 0) is 39.4 Å². The van der Waals surface area contributed by atoms with Gasteiger partial charge in [-0.15, -0.1) is 0 Å². The molecule has 0 aromatic heterocycles. The normalized spacial score (nSPS) is 11.2. The second kappa shape index (κ2) is 16.8. The smallest absolute Gasteiger partial charge is 0.303 e. The Hall–Kier alpha value is -0.570. The zero-order valence-corrected chi connectivity index (χ0v) is 15.1. The summed E-state index contributed by atoms with van der Waals surface area (Å²) in [5, 5.41) is 8.57. The average molecular weight is 314 g/mol. The third-order valence-corrected chi connectivity index (χ3v) is 4.32. The molecule has 0 saturated carbocycles. The van der Waals surface area contributed by atoms with Crippen LogP contribution >= 0.6 is 0 Å². The molecular weight excluding hydrogens is 274 g/mol. The van der Waals surface area contributed by atoms with Crippen LogP contribution in [-0.4, -0.2) is 36.1 Å². The summed E-state index contributed by atoms with van der Waals surface area (Å²) in [7, 11) is 2.19. The molecule has 132 valence electrons. The van der Waals surface area contributed by atoms with E-state index in [0.717, 1.165) is 25.8 Å². The third-order valence-electron chi connectivity index (χ3n) is 4.32. The van der Waals surface area contributed by atoms with Crippen LogP contribution in [0.1, 0.15) is 96.8 Å². The molecule has 0 bridgehead atoms. The first-order chi connectivity index (χ1) is 10.7. The van der Waals surface area contributed by atoms with Crippen molar-refractivity contribution in [2.45, 2.75) is 96.8 Å². The van der Waals surface area contributed by atoms with Gasteiger partial charge in [-0.1, -0.05) is 71.1 Å². The van der Waals surface area contributed by atoms with E-state index in [1.807, 2.05) is 0 Å². The van der Waals surface area contributed by atoms with E-state index in [2.05, 4.69) is 18.9 Å². The van der Waals surface area contributed by atoms with Gasteiger partial charge in [-0.3, -0.25) is 4.79 Å². The lowest BCUT2D eigenvalue weighted by atomic mass is 10.1. The van der Waals surface area contributed by atoms with Crippen LogP contribution in [0.25, 0.3) is 0 Å². The molecule has 0 rings (SSSR count). The Morgan fingerprint density at radius 2 is 1.14 bits per heavy atom. The quantitative estimate of drug-likeness (QED) is 0.361. The van der Waals surface area contributed by atoms with Gasteiger partial charge in [-0.2, -0.15) is 0 Å². The number of unbranched alkanes of at least 4 members (excludes halogenated alkanes) is 11. The van der Waals surface area contributed by atoms with Gasteiger partial charge in [0.1, 0.15) is 0 Å². The molecule has 1 N–H and O–H groups in total. The first-order valence-electron chi connectivity index (χ1n) is 9.57. The molecular formula is C19H39NO2. The molecule has 0 heterocycles. The number of carboxylic acids is 1. The Bertz CT molecular complexity index is 244. The lowest BCUT2D eigenvalue weighted by Crippen LogP contribution is -2.20. The standard InChI is InChI=1S/C19H39NO2/c1-3-4-5-6-7-8-9-10-11-14-17-20(2)18-15-12-13-16-19(21)22/h3-18H2,1-2H3,(H,21,22). The van der Waals surface area contributed by atoms with Crippen LogP contribution in [0.15, 0.2) is 0 Å². The largest absolute Gasteiger partial charge is 0.481 e. The van der Waals surface area contributed by atoms with Crippen molar-refractivity contribution >= 4 is 5.97 Å². The highest BCUT2D eigenvalue weighted by molar-refractivity contribution is 5.66. The van der Waals surface area contributed by atoms with Crippen molar-refractivity contribution in [3.8, 4) is 0 Å². The van der Waals surface area contributed by atoms with Gasteiger partial charge in [0, 0.05) is 6.42 Å². The second-order valence-corrected chi connectivity index (χ2v) is 6.69. The van der Waals surface area contributed by atoms with Crippen molar-refractivity contribution < 1.29 is 9.90 Å². The molecule has 0 aliphatic rings. The maximum atomic E-state index is 10.4. The van der Waals surface area contributed by atoms with Gasteiger partial charge >= 0.3 is 5.97 Å². The molecule has 0 saturated heterocycles. The molecule has 0 radical (unpaired) electrons. The summed E-state index contributed by atoms with van der Waals surface area (Å²) >= 11 is 0. The molecule has 0 atom stereocenters. The predicted octanol–water partition coefficient (Wildman–Crippen LogP) is 5.48. The minimum Gasteiger partial charge on any atom is -0.481 e. The summed E-state index contributed by atoms with van der Waals surface area (Å²) < 4.78 is 0. The van der Waals surface area contributed by atoms with Crippen molar-refractivity contribution in [2.24, 2.45) is 0 Å². The molecule has 22 heavy (non-hydrogen) atoms. The zero-order chi connectivity index (χ0) is 16.5. The van der Waals surface area contributed by atoms with Crippen molar-refractivity contribution in [2.75, 3.05) is 20.1 Å². The van der Waals surface area contributed by atoms with Crippen LogP contribution in [-0.2, 0) is 4.79 Å². The number of carboxylic acid groups (broad SMARTS) is 1. The van der Waals surface area contributed by atoms with Crippen LogP contribution in [0.5, 0.6) is 0 Å². The SMILES string of the molecule is CCCCCCCCCCCCN(C)CCCCCC(=O)O. The summed E-state index contributed by atoms with van der Waals surface area (Å²) in [6.45, 7) is 4.57. The first-order valence-corrected chi connectivity index (χ1v) is 9.57. The molecule has 0 amide bonds. The zero-order valence-electron chi connectivity index (χ0n) is 15.1. The Kier molecular flexibility index (Phi) is 16.4. The Morgan fingerprint density at radius 1 is 0.727 bits per heavy atom. The van der Waals surface area contributed by atoms with Crippen molar-refractivity contribution in [1.29, 1.82) is 0 Å². The second-order valence-electron chi connectivity index (χ2n) is 6.69. The topological polar surface area (TPSA) is 40.5 Å². The first kappa shape index (κ1) is 21.4. The fraction of sp³-hybridized carbons (Fsp3) is 0.947. The van der Waals surface area contributed by atoms with Gasteiger partial charge in [0.2, 0.25) is 0 Å². The van der Waals surface area contributed by atoms with E-state index in [-0.39, 0.29) is 0 Å². The summed E-state index contributed by atoms with van der Waals surface area (Å²) in [5.41, 5.74) is 0. The van der Waals surface area contributed by atoms with Crippen LogP contribution in [0.4, 0.5) is 0 Å². The number of rotatable bonds is 17. The molecule has 0 unspecified atom stereocenters. The van der Waals surface area contributed by atoms with E-state index < -0.39 is 5.97 Å². The van der Waals surface area contributed by atoms with Crippen LogP contribution in [0, 0.1) is 0 Å². The van der Waals surface area contributed by atoms with Crippen LogP contribution in [0.3, 0.4) is 0 Å². The van der Waals surface area contributed by atoms with Gasteiger partial charge in [-0.25, -0.2) is 0 Å². The minimum atomic E-state index is -0.668. The molecule has 0 aromatic rings. The molecule has 3 heteroatoms. The minimum absolute atomic E-state index is 0.322. The average Bonchev–Trinajstić information content (AvgIpc) is 2.48. The summed E-state index contributed by atoms with van der Waals surface area (Å²) in [4.78, 5) is 12.8. The van der Waals surface area contributed by atoms with Crippen LogP contribution < -0.4 is 0 Å². The molecule has 3 nitrogen and oxygen atoms in total. The van der Waals surface area contributed by atoms with E-state index in [1.54, 1.807) is 0 Å². The van der Waals surface area contributed by atoms with E-state index >= 15 is 0 Å². The number of hydrogen-bond acceptors (Lipinski definition) is 2. The monoisotopic (exact) mass is 313 g/mol. The Labute approximate surface area is 138 Å². The fourth-order valence-electron chi connectivity index (χ4n) is 2.82. The van der Waals surface area contributed by atoms with E-state index in [9.17, 15) is 4.79 Å². The van der Waals surface area contributed by atoms with Gasteiger partial charge in [0.25, 0.3) is 0 Å². The lowest BCUT2D eigenvalue weighted by molar-refractivity contribution is -0.137. The number of nitrogens with zero attached hydrogens (tertiary/aromatic N) is 1. The summed E-state index contributed by atoms with van der Waals surface area (Å²) in [5.74, 6) is -0.668. The van der Waals surface area contributed by atoms with Gasteiger partial charge in [0.15, 0.2) is 0 Å². The highest BCUT2D eigenvalue weighted by Crippen LogP contribution is 2.10. The summed E-state index contributed by atoms with van der Waals surface area (Å²) in [6.07, 6.45) is 17.2. The third kappa shape index (κ3) is 17.5. The number of carbonyl (C=O) groups is 1. The highest BCUT2D eigenvalue weighted by Gasteiger charge is 2.00. The van der Waals surface area contributed by atoms with E-state index in [4.69, 9.17) is 5.11 Å². The van der Waals surface area contributed by atoms with Crippen molar-refractivity contribution in [3.63, 3.8) is 0 Å². The van der Waals surface area contributed by atoms with Gasteiger partial charge < -0.3 is 10.0 Å². The Morgan fingerprint density at radius 3 is 1.59 bits per heavy atom. The summed E-state index contributed by atoms with van der Waals surface area (Å²) in [6, 6.07) is 0. The number of aliphatic carboxylic acids is 1. The number of hydrogen-bond donors (Lipinski definition) is 1. The van der Waals surface area contributed by atoms with Crippen molar-refractivity contribution in [1.82, 2.24) is 4.90 Å². The molecule has 0 aliphatic carbocycles. The molecule has 0 aliphatic heterocycles.